The van der Waals surface area contributed by atoms with Gasteiger partial charge in [-0.1, -0.05) is 11.8 Å². The second kappa shape index (κ2) is 13.0. The molecule has 1 aliphatic heterocycles. The Kier molecular flexibility index (Phi) is 9.26. The molecule has 1 heterocycles. The fourth-order valence-electron chi connectivity index (χ4n) is 3.83. The number of amides is 2. The molecule has 0 saturated carbocycles. The zero-order chi connectivity index (χ0) is 26.9. The minimum Gasteiger partial charge on any atom is -0.494 e. The van der Waals surface area contributed by atoms with E-state index in [9.17, 15) is 9.59 Å². The number of hydrogen-bond donors (Lipinski definition) is 1. The number of aliphatic imine (C=N–C) groups is 1. The van der Waals surface area contributed by atoms with Crippen molar-refractivity contribution in [1.82, 2.24) is 0 Å². The van der Waals surface area contributed by atoms with Crippen LogP contribution in [0.3, 0.4) is 0 Å². The molecule has 1 saturated heterocycles. The summed E-state index contributed by atoms with van der Waals surface area (Å²) in [4.78, 5) is 32.9. The number of rotatable bonds is 10. The van der Waals surface area contributed by atoms with Gasteiger partial charge in [-0.2, -0.15) is 0 Å². The summed E-state index contributed by atoms with van der Waals surface area (Å²) in [6.07, 6.45) is 0.0308. The number of thioether (sulfide) groups is 1. The maximum absolute atomic E-state index is 13.4. The van der Waals surface area contributed by atoms with Crippen LogP contribution in [0.15, 0.2) is 77.8 Å². The third-order valence-electron chi connectivity index (χ3n) is 5.55. The third-order valence-corrected chi connectivity index (χ3v) is 6.70. The van der Waals surface area contributed by atoms with Gasteiger partial charge in [0.25, 0.3) is 0 Å². The van der Waals surface area contributed by atoms with E-state index in [1.165, 1.54) is 11.8 Å². The lowest BCUT2D eigenvalue weighted by molar-refractivity contribution is -0.121. The number of nitrogens with one attached hydrogen (secondary N) is 1. The molecule has 4 rings (SSSR count). The van der Waals surface area contributed by atoms with Crippen molar-refractivity contribution in [3.8, 4) is 17.2 Å². The van der Waals surface area contributed by atoms with Crippen LogP contribution in [-0.4, -0.2) is 42.1 Å². The summed E-state index contributed by atoms with van der Waals surface area (Å²) in [6.45, 7) is 7.43. The Bertz CT molecular complexity index is 1260. The molecular formula is C29H31N3O5S. The van der Waals surface area contributed by atoms with E-state index in [2.05, 4.69) is 5.32 Å². The van der Waals surface area contributed by atoms with Crippen molar-refractivity contribution in [1.29, 1.82) is 0 Å². The number of nitrogens with zero attached hydrogens (tertiary/aromatic N) is 2. The average molecular weight is 534 g/mol. The van der Waals surface area contributed by atoms with E-state index in [1.807, 2.05) is 69.3 Å². The predicted octanol–water partition coefficient (Wildman–Crippen LogP) is 6.05. The van der Waals surface area contributed by atoms with Crippen LogP contribution in [0.1, 0.15) is 27.2 Å². The van der Waals surface area contributed by atoms with Gasteiger partial charge in [-0.05, 0) is 93.6 Å². The minimum atomic E-state index is -0.644. The van der Waals surface area contributed by atoms with Crippen molar-refractivity contribution >= 4 is 45.8 Å². The molecule has 1 atom stereocenters. The highest BCUT2D eigenvalue weighted by Crippen LogP contribution is 2.34. The number of carbonyl (C=O) groups is 2. The largest absolute Gasteiger partial charge is 0.494 e. The van der Waals surface area contributed by atoms with E-state index in [0.29, 0.717) is 47.8 Å². The summed E-state index contributed by atoms with van der Waals surface area (Å²) in [5, 5.41) is 2.68. The highest BCUT2D eigenvalue weighted by atomic mass is 32.2. The second-order valence-corrected chi connectivity index (χ2v) is 9.40. The van der Waals surface area contributed by atoms with Gasteiger partial charge in [0, 0.05) is 12.1 Å². The van der Waals surface area contributed by atoms with Gasteiger partial charge in [-0.15, -0.1) is 0 Å². The Morgan fingerprint density at radius 1 is 0.842 bits per heavy atom. The SMILES string of the molecule is CCOc1ccc(N=C2S[C@@H](C(=O)Nc3ccc(OCC)cc3)CC(=O)N2c2ccc(OCC)cc2)cc1. The number of hydrogen-bond acceptors (Lipinski definition) is 7. The molecule has 198 valence electrons. The highest BCUT2D eigenvalue weighted by Gasteiger charge is 2.37. The average Bonchev–Trinajstić information content (AvgIpc) is 2.92. The molecule has 8 nitrogen and oxygen atoms in total. The molecular weight excluding hydrogens is 502 g/mol. The molecule has 0 aliphatic carbocycles. The molecule has 38 heavy (non-hydrogen) atoms. The van der Waals surface area contributed by atoms with Gasteiger partial charge in [0.15, 0.2) is 5.17 Å². The number of ether oxygens (including phenoxy) is 3. The van der Waals surface area contributed by atoms with E-state index < -0.39 is 5.25 Å². The Labute approximate surface area is 227 Å². The topological polar surface area (TPSA) is 89.5 Å². The van der Waals surface area contributed by atoms with E-state index >= 15 is 0 Å². The second-order valence-electron chi connectivity index (χ2n) is 8.23. The van der Waals surface area contributed by atoms with Crippen LogP contribution in [-0.2, 0) is 9.59 Å². The van der Waals surface area contributed by atoms with Crippen LogP contribution in [0.4, 0.5) is 17.1 Å². The van der Waals surface area contributed by atoms with Crippen molar-refractivity contribution in [2.75, 3.05) is 30.0 Å². The fourth-order valence-corrected chi connectivity index (χ4v) is 4.95. The third kappa shape index (κ3) is 6.86. The lowest BCUT2D eigenvalue weighted by Gasteiger charge is -2.32. The van der Waals surface area contributed by atoms with E-state index in [-0.39, 0.29) is 18.2 Å². The maximum Gasteiger partial charge on any atom is 0.238 e. The molecule has 1 N–H and O–H groups in total. The Hall–Kier alpha value is -3.98. The molecule has 0 radical (unpaired) electrons. The molecule has 1 fully saturated rings. The zero-order valence-corrected chi connectivity index (χ0v) is 22.5. The normalized spacial score (nSPS) is 16.3. The Morgan fingerprint density at radius 3 is 1.87 bits per heavy atom. The zero-order valence-electron chi connectivity index (χ0n) is 21.7. The lowest BCUT2D eigenvalue weighted by Crippen LogP contribution is -2.45. The first-order valence-electron chi connectivity index (χ1n) is 12.6. The highest BCUT2D eigenvalue weighted by molar-refractivity contribution is 8.15. The maximum atomic E-state index is 13.4. The predicted molar refractivity (Wildman–Crippen MR) is 152 cm³/mol. The van der Waals surface area contributed by atoms with Gasteiger partial charge in [0.1, 0.15) is 22.5 Å². The van der Waals surface area contributed by atoms with E-state index in [0.717, 1.165) is 11.5 Å². The standard InChI is InChI=1S/C29H31N3O5S/c1-4-35-23-13-7-20(8-14-23)30-28(34)26-19-27(33)32(22-11-17-25(18-12-22)37-6-3)29(38-26)31-21-9-15-24(16-10-21)36-5-2/h7-18,26H,4-6,19H2,1-3H3,(H,30,34)/t26-/m1/s1. The molecule has 0 spiro atoms. The summed E-state index contributed by atoms with van der Waals surface area (Å²) in [5.41, 5.74) is 1.93. The van der Waals surface area contributed by atoms with E-state index in [1.54, 1.807) is 29.2 Å². The summed E-state index contributed by atoms with van der Waals surface area (Å²) < 4.78 is 16.5. The number of amidine groups is 1. The van der Waals surface area contributed by atoms with Gasteiger partial charge >= 0.3 is 0 Å². The fraction of sp³-hybridized carbons (Fsp3) is 0.276. The van der Waals surface area contributed by atoms with Crippen LogP contribution in [0.5, 0.6) is 17.2 Å². The van der Waals surface area contributed by atoms with Crippen LogP contribution < -0.4 is 24.4 Å². The van der Waals surface area contributed by atoms with Gasteiger partial charge in [-0.25, -0.2) is 4.99 Å². The molecule has 2 amide bonds. The summed E-state index contributed by atoms with van der Waals surface area (Å²) in [5.74, 6) is 1.69. The van der Waals surface area contributed by atoms with Crippen LogP contribution in [0, 0.1) is 0 Å². The molecule has 1 aliphatic rings. The monoisotopic (exact) mass is 533 g/mol. The summed E-state index contributed by atoms with van der Waals surface area (Å²) >= 11 is 1.26. The van der Waals surface area contributed by atoms with Crippen LogP contribution in [0.2, 0.25) is 0 Å². The molecule has 3 aromatic rings. The van der Waals surface area contributed by atoms with Gasteiger partial charge in [0.2, 0.25) is 11.8 Å². The van der Waals surface area contributed by atoms with E-state index in [4.69, 9.17) is 19.2 Å². The number of anilines is 2. The Morgan fingerprint density at radius 2 is 1.34 bits per heavy atom. The lowest BCUT2D eigenvalue weighted by atomic mass is 10.2. The summed E-state index contributed by atoms with van der Waals surface area (Å²) in [6, 6.07) is 21.7. The van der Waals surface area contributed by atoms with Gasteiger partial charge in [-0.3, -0.25) is 14.5 Å². The first-order valence-corrected chi connectivity index (χ1v) is 13.5. The minimum absolute atomic E-state index is 0.0308. The van der Waals surface area contributed by atoms with Crippen molar-refractivity contribution < 1.29 is 23.8 Å². The van der Waals surface area contributed by atoms with Gasteiger partial charge < -0.3 is 19.5 Å². The van der Waals surface area contributed by atoms with Crippen LogP contribution in [0.25, 0.3) is 0 Å². The Balaban J connectivity index is 1.59. The summed E-state index contributed by atoms with van der Waals surface area (Å²) in [7, 11) is 0. The van der Waals surface area contributed by atoms with Crippen molar-refractivity contribution in [3.63, 3.8) is 0 Å². The number of benzene rings is 3. The first-order chi connectivity index (χ1) is 18.5. The molecule has 0 aromatic heterocycles. The number of carbonyl (C=O) groups excluding carboxylic acids is 2. The molecule has 0 bridgehead atoms. The smallest absolute Gasteiger partial charge is 0.238 e. The van der Waals surface area contributed by atoms with Crippen molar-refractivity contribution in [2.24, 2.45) is 4.99 Å². The van der Waals surface area contributed by atoms with Crippen molar-refractivity contribution in [3.05, 3.63) is 72.8 Å². The van der Waals surface area contributed by atoms with Gasteiger partial charge in [0.05, 0.1) is 31.2 Å². The molecule has 0 unspecified atom stereocenters. The first kappa shape index (κ1) is 27.1. The quantitative estimate of drug-likeness (QED) is 0.341. The molecule has 9 heteroatoms. The van der Waals surface area contributed by atoms with Crippen LogP contribution >= 0.6 is 11.8 Å². The molecule has 3 aromatic carbocycles. The van der Waals surface area contributed by atoms with Crippen molar-refractivity contribution in [2.45, 2.75) is 32.4 Å².